The van der Waals surface area contributed by atoms with E-state index in [9.17, 15) is 19.5 Å². The lowest BCUT2D eigenvalue weighted by Crippen LogP contribution is -2.72. The number of aliphatic carboxylic acids is 1. The van der Waals surface area contributed by atoms with Gasteiger partial charge in [-0.15, -0.1) is 22.0 Å². The van der Waals surface area contributed by atoms with Crippen molar-refractivity contribution in [2.75, 3.05) is 30.4 Å². The molecule has 3 N–H and O–H groups in total. The molecule has 27 heavy (non-hydrogen) atoms. The molecule has 9 nitrogen and oxygen atoms in total. The summed E-state index contributed by atoms with van der Waals surface area (Å²) in [6, 6.07) is -0.524. The number of fused-ring (bicyclic) bond motifs is 1. The zero-order valence-electron chi connectivity index (χ0n) is 14.3. The van der Waals surface area contributed by atoms with Gasteiger partial charge < -0.3 is 20.5 Å². The van der Waals surface area contributed by atoms with Crippen LogP contribution < -0.4 is 5.73 Å². The molecule has 13 heteroatoms. The molecule has 0 spiro atoms. The Morgan fingerprint density at radius 1 is 1.41 bits per heavy atom. The van der Waals surface area contributed by atoms with Crippen molar-refractivity contribution >= 4 is 64.5 Å². The Balaban J connectivity index is 1.54. The van der Waals surface area contributed by atoms with Gasteiger partial charge in [0.2, 0.25) is 5.91 Å². The van der Waals surface area contributed by atoms with Crippen LogP contribution in [0.25, 0.3) is 0 Å². The Hall–Kier alpha value is -1.02. The smallest absolute Gasteiger partial charge is 0.313 e. The number of nitrogens with zero attached hydrogens (tertiary/aromatic N) is 3. The van der Waals surface area contributed by atoms with Crippen LogP contribution in [0.3, 0.4) is 0 Å². The molecule has 2 saturated heterocycles. The summed E-state index contributed by atoms with van der Waals surface area (Å²) in [5.74, 6) is -0.154. The first kappa shape index (κ1) is 20.7. The number of carbonyl (C=O) groups is 3. The van der Waals surface area contributed by atoms with Crippen LogP contribution in [0.2, 0.25) is 0 Å². The van der Waals surface area contributed by atoms with Gasteiger partial charge in [0, 0.05) is 30.7 Å². The van der Waals surface area contributed by atoms with Gasteiger partial charge in [-0.1, -0.05) is 34.9 Å². The Kier molecular flexibility index (Phi) is 6.56. The van der Waals surface area contributed by atoms with E-state index in [1.54, 1.807) is 4.90 Å². The van der Waals surface area contributed by atoms with E-state index in [1.165, 1.54) is 53.5 Å². The van der Waals surface area contributed by atoms with Crippen molar-refractivity contribution < 1.29 is 24.2 Å². The molecular weight excluding hydrogens is 432 g/mol. The highest BCUT2D eigenvalue weighted by molar-refractivity contribution is 8.03. The summed E-state index contributed by atoms with van der Waals surface area (Å²) in [4.78, 5) is 36.1. The third-order valence-corrected chi connectivity index (χ3v) is 9.17. The summed E-state index contributed by atoms with van der Waals surface area (Å²) in [5, 5.41) is 17.8. The molecule has 2 unspecified atom stereocenters. The monoisotopic (exact) mass is 450 g/mol. The van der Waals surface area contributed by atoms with Crippen LogP contribution in [0.15, 0.2) is 8.68 Å². The van der Waals surface area contributed by atoms with E-state index >= 15 is 0 Å². The van der Waals surface area contributed by atoms with Crippen LogP contribution in [0.5, 0.6) is 0 Å². The van der Waals surface area contributed by atoms with Gasteiger partial charge in [0.05, 0.1) is 0 Å². The fraction of sp³-hybridized carbons (Fsp3) is 0.643. The molecule has 0 aromatic carbocycles. The van der Waals surface area contributed by atoms with Gasteiger partial charge in [0.1, 0.15) is 23.4 Å². The maximum absolute atomic E-state index is 11.9. The molecule has 0 saturated carbocycles. The average Bonchev–Trinajstić information content (AvgIpc) is 3.10. The number of carboxylic acid groups (broad SMARTS) is 1. The maximum atomic E-state index is 11.9. The van der Waals surface area contributed by atoms with E-state index in [-0.39, 0.29) is 23.8 Å². The molecule has 3 rings (SSSR count). The van der Waals surface area contributed by atoms with Crippen LogP contribution in [0.1, 0.15) is 6.92 Å². The van der Waals surface area contributed by atoms with Crippen LogP contribution in [-0.2, 0) is 19.1 Å². The summed E-state index contributed by atoms with van der Waals surface area (Å²) < 4.78 is 6.26. The Morgan fingerprint density at radius 3 is 2.78 bits per heavy atom. The van der Waals surface area contributed by atoms with Gasteiger partial charge >= 0.3 is 11.9 Å². The minimum absolute atomic E-state index is 0.114. The van der Waals surface area contributed by atoms with Gasteiger partial charge in [-0.25, -0.2) is 0 Å². The quantitative estimate of drug-likeness (QED) is 0.249. The van der Waals surface area contributed by atoms with E-state index in [4.69, 9.17) is 10.5 Å². The Morgan fingerprint density at radius 2 is 2.11 bits per heavy atom. The number of β-lactam (4-membered cyclic amide) rings is 1. The minimum atomic E-state index is -1.03. The fourth-order valence-electron chi connectivity index (χ4n) is 2.64. The SMILES string of the molecule is CC(=O)OCCSc1nnc(SCC2(C(=O)O)CS[C@@H]3C(N)C(=O)N3C2)s1. The number of esters is 1. The zero-order chi connectivity index (χ0) is 19.6. The molecule has 0 bridgehead atoms. The molecule has 1 amide bonds. The molecule has 2 aliphatic heterocycles. The topological polar surface area (TPSA) is 136 Å². The second-order valence-corrected chi connectivity index (χ2v) is 10.7. The summed E-state index contributed by atoms with van der Waals surface area (Å²) >= 11 is 5.55. The maximum Gasteiger partial charge on any atom is 0.313 e. The van der Waals surface area contributed by atoms with Crippen LogP contribution in [0.4, 0.5) is 0 Å². The molecule has 0 radical (unpaired) electrons. The third-order valence-electron chi connectivity index (χ3n) is 4.11. The van der Waals surface area contributed by atoms with Crippen molar-refractivity contribution in [3.8, 4) is 0 Å². The number of hydrogen-bond acceptors (Lipinski definition) is 11. The number of thioether (sulfide) groups is 3. The van der Waals surface area contributed by atoms with E-state index in [0.29, 0.717) is 28.2 Å². The second-order valence-electron chi connectivity index (χ2n) is 6.09. The van der Waals surface area contributed by atoms with E-state index < -0.39 is 17.4 Å². The lowest BCUT2D eigenvalue weighted by Gasteiger charge is -2.52. The number of aromatic nitrogens is 2. The highest BCUT2D eigenvalue weighted by atomic mass is 32.2. The van der Waals surface area contributed by atoms with Crippen molar-refractivity contribution in [3.05, 3.63) is 0 Å². The third kappa shape index (κ3) is 4.53. The molecule has 2 aliphatic rings. The van der Waals surface area contributed by atoms with Gasteiger partial charge in [0.25, 0.3) is 0 Å². The number of ether oxygens (including phenoxy) is 1. The Bertz CT molecular complexity index is 747. The van der Waals surface area contributed by atoms with Crippen LogP contribution in [0, 0.1) is 5.41 Å². The first-order valence-corrected chi connectivity index (χ1v) is 11.8. The summed E-state index contributed by atoms with van der Waals surface area (Å²) in [6.45, 7) is 1.83. The number of carboxylic acids is 1. The molecule has 1 aromatic rings. The predicted octanol–water partition coefficient (Wildman–Crippen LogP) is 0.599. The van der Waals surface area contributed by atoms with Crippen LogP contribution >= 0.6 is 46.6 Å². The highest BCUT2D eigenvalue weighted by Crippen LogP contribution is 2.44. The molecule has 3 atom stereocenters. The standard InChI is InChI=1S/C14H18N4O5S4/c1-7(19)23-2-3-24-12-16-17-13(27-12)26-6-14(11(21)22)4-18-9(20)8(15)10(18)25-5-14/h8,10H,2-6,15H2,1H3,(H,21,22)/t8?,10-,14?/m1/s1. The fourth-order valence-corrected chi connectivity index (χ4v) is 7.35. The van der Waals surface area contributed by atoms with Crippen molar-refractivity contribution in [3.63, 3.8) is 0 Å². The molecule has 3 heterocycles. The largest absolute Gasteiger partial charge is 0.481 e. The summed E-state index contributed by atoms with van der Waals surface area (Å²) in [6.07, 6.45) is 0. The first-order chi connectivity index (χ1) is 12.8. The molecule has 1 aromatic heterocycles. The van der Waals surface area contributed by atoms with Gasteiger partial charge in [0.15, 0.2) is 8.68 Å². The minimum Gasteiger partial charge on any atom is -0.481 e. The van der Waals surface area contributed by atoms with Gasteiger partial charge in [-0.05, 0) is 0 Å². The second kappa shape index (κ2) is 8.55. The molecule has 0 aliphatic carbocycles. The van der Waals surface area contributed by atoms with Crippen LogP contribution in [-0.4, -0.2) is 79.9 Å². The lowest BCUT2D eigenvalue weighted by atomic mass is 9.89. The van der Waals surface area contributed by atoms with E-state index in [2.05, 4.69) is 10.2 Å². The zero-order valence-corrected chi connectivity index (χ0v) is 17.6. The van der Waals surface area contributed by atoms with Crippen molar-refractivity contribution in [1.29, 1.82) is 0 Å². The normalized spacial score (nSPS) is 27.0. The van der Waals surface area contributed by atoms with Crippen molar-refractivity contribution in [2.24, 2.45) is 11.1 Å². The van der Waals surface area contributed by atoms with Gasteiger partial charge in [-0.2, -0.15) is 0 Å². The molecule has 148 valence electrons. The predicted molar refractivity (Wildman–Crippen MR) is 104 cm³/mol. The first-order valence-electron chi connectivity index (χ1n) is 7.96. The number of amides is 1. The van der Waals surface area contributed by atoms with Gasteiger partial charge in [-0.3, -0.25) is 14.4 Å². The highest BCUT2D eigenvalue weighted by Gasteiger charge is 2.55. The van der Waals surface area contributed by atoms with E-state index in [0.717, 1.165) is 4.34 Å². The van der Waals surface area contributed by atoms with E-state index in [1.807, 2.05) is 0 Å². The summed E-state index contributed by atoms with van der Waals surface area (Å²) in [5.41, 5.74) is 4.73. The number of nitrogens with two attached hydrogens (primary N) is 1. The van der Waals surface area contributed by atoms with Crippen molar-refractivity contribution in [2.45, 2.75) is 27.0 Å². The average molecular weight is 451 g/mol. The number of carbonyl (C=O) groups excluding carboxylic acids is 2. The Labute approximate surface area is 172 Å². The molecule has 2 fully saturated rings. The number of rotatable bonds is 8. The molecular formula is C14H18N4O5S4. The number of hydrogen-bond donors (Lipinski definition) is 2. The summed E-state index contributed by atoms with van der Waals surface area (Å²) in [7, 11) is 0. The van der Waals surface area contributed by atoms with Crippen molar-refractivity contribution in [1.82, 2.24) is 15.1 Å². The lowest BCUT2D eigenvalue weighted by molar-refractivity contribution is -0.155.